The van der Waals surface area contributed by atoms with Crippen molar-refractivity contribution in [1.82, 2.24) is 10.6 Å². The molecule has 9 heteroatoms. The van der Waals surface area contributed by atoms with Crippen molar-refractivity contribution in [2.24, 2.45) is 0 Å². The van der Waals surface area contributed by atoms with Crippen molar-refractivity contribution in [2.75, 3.05) is 6.61 Å². The van der Waals surface area contributed by atoms with Crippen molar-refractivity contribution < 1.29 is 28.6 Å². The van der Waals surface area contributed by atoms with E-state index in [-0.39, 0.29) is 25.2 Å². The number of ether oxygens (including phenoxy) is 3. The van der Waals surface area contributed by atoms with E-state index in [1.54, 1.807) is 6.92 Å². The minimum absolute atomic E-state index is 0.0530. The maximum Gasteiger partial charge on any atom is 0.408 e. The number of esters is 1. The van der Waals surface area contributed by atoms with E-state index in [9.17, 15) is 14.4 Å². The van der Waals surface area contributed by atoms with Gasteiger partial charge < -0.3 is 24.8 Å². The minimum Gasteiger partial charge on any atom is -0.464 e. The van der Waals surface area contributed by atoms with Crippen LogP contribution in [0.2, 0.25) is 19.6 Å². The van der Waals surface area contributed by atoms with Gasteiger partial charge in [0.25, 0.3) is 0 Å². The summed E-state index contributed by atoms with van der Waals surface area (Å²) in [6.07, 6.45) is -1.27. The van der Waals surface area contributed by atoms with E-state index in [2.05, 4.69) is 42.4 Å². The Labute approximate surface area is 268 Å². The first-order chi connectivity index (χ1) is 21.2. The van der Waals surface area contributed by atoms with Gasteiger partial charge in [-0.15, -0.1) is 0 Å². The summed E-state index contributed by atoms with van der Waals surface area (Å²) in [5, 5.41) is 5.54. The number of carbonyl (C=O) groups is 3. The highest BCUT2D eigenvalue weighted by Crippen LogP contribution is 2.27. The predicted octanol–water partition coefficient (Wildman–Crippen LogP) is 6.42. The van der Waals surface area contributed by atoms with Gasteiger partial charge in [-0.05, 0) is 44.4 Å². The summed E-state index contributed by atoms with van der Waals surface area (Å²) in [6.45, 7) is 14.3. The first-order valence-electron chi connectivity index (χ1n) is 15.4. The van der Waals surface area contributed by atoms with Crippen molar-refractivity contribution >= 4 is 26.0 Å². The maximum absolute atomic E-state index is 13.8. The van der Waals surface area contributed by atoms with Crippen LogP contribution in [0.15, 0.2) is 91.0 Å². The third-order valence-corrected chi connectivity index (χ3v) is 9.89. The van der Waals surface area contributed by atoms with E-state index in [4.69, 9.17) is 14.2 Å². The molecule has 1 unspecified atom stereocenters. The van der Waals surface area contributed by atoms with Crippen LogP contribution in [-0.4, -0.2) is 56.4 Å². The van der Waals surface area contributed by atoms with Gasteiger partial charge in [0.15, 0.2) is 6.04 Å². The molecule has 45 heavy (non-hydrogen) atoms. The summed E-state index contributed by atoms with van der Waals surface area (Å²) >= 11 is 0. The van der Waals surface area contributed by atoms with Crippen LogP contribution in [0, 0.1) is 0 Å². The SMILES string of the molecule is C[C@@H](OC(C)(C)C)[C@H](NC(=O)[C@H](Cc1ccccc1)NC(=O)OCc1ccccc1)C(=O)OCC(c1ccccc1)[Si](C)(C)C. The molecule has 3 aromatic rings. The van der Waals surface area contributed by atoms with Gasteiger partial charge in [-0.1, -0.05) is 111 Å². The average Bonchev–Trinajstić information content (AvgIpc) is 2.98. The lowest BCUT2D eigenvalue weighted by atomic mass is 10.0. The number of benzene rings is 3. The Morgan fingerprint density at radius 2 is 1.29 bits per heavy atom. The zero-order chi connectivity index (χ0) is 33.0. The Balaban J connectivity index is 1.80. The smallest absolute Gasteiger partial charge is 0.408 e. The Hall–Kier alpha value is -3.95. The van der Waals surface area contributed by atoms with E-state index >= 15 is 0 Å². The number of rotatable bonds is 14. The van der Waals surface area contributed by atoms with Crippen LogP contribution < -0.4 is 10.6 Å². The average molecular weight is 633 g/mol. The van der Waals surface area contributed by atoms with Crippen molar-refractivity contribution in [3.63, 3.8) is 0 Å². The molecule has 0 radical (unpaired) electrons. The van der Waals surface area contributed by atoms with Crippen molar-refractivity contribution in [3.8, 4) is 0 Å². The molecular weight excluding hydrogens is 584 g/mol. The van der Waals surface area contributed by atoms with Gasteiger partial charge in [0, 0.05) is 12.0 Å². The molecule has 0 aliphatic heterocycles. The summed E-state index contributed by atoms with van der Waals surface area (Å²) in [7, 11) is -1.80. The summed E-state index contributed by atoms with van der Waals surface area (Å²) < 4.78 is 17.5. The number of hydrogen-bond acceptors (Lipinski definition) is 6. The predicted molar refractivity (Wildman–Crippen MR) is 179 cm³/mol. The van der Waals surface area contributed by atoms with Crippen LogP contribution in [0.3, 0.4) is 0 Å². The fourth-order valence-corrected chi connectivity index (χ4v) is 6.78. The molecular formula is C36H48N2O6Si. The molecule has 0 aliphatic carbocycles. The molecule has 0 saturated carbocycles. The Bertz CT molecular complexity index is 1360. The molecule has 2 amide bonds. The Morgan fingerprint density at radius 1 is 0.756 bits per heavy atom. The highest BCUT2D eigenvalue weighted by Gasteiger charge is 2.36. The standard InChI is InChI=1S/C36H48N2O6Si/c1-26(44-36(2,3)4)32(34(40)42-25-31(45(5,6)7)29-21-15-10-16-22-29)38-33(39)30(23-27-17-11-8-12-18-27)37-35(41)43-24-28-19-13-9-14-20-28/h8-22,26,30-32H,23-25H2,1-7H3,(H,37,41)(H,38,39)/t26-,30+,31?,32+/m1/s1. The number of nitrogens with one attached hydrogen (secondary N) is 2. The summed E-state index contributed by atoms with van der Waals surface area (Å²) in [4.78, 5) is 40.4. The molecule has 0 saturated heterocycles. The van der Waals surface area contributed by atoms with Gasteiger partial charge in [0.05, 0.1) is 26.4 Å². The Kier molecular flexibility index (Phi) is 12.9. The van der Waals surface area contributed by atoms with E-state index in [0.717, 1.165) is 16.7 Å². The van der Waals surface area contributed by atoms with E-state index < -0.39 is 49.8 Å². The molecule has 0 heterocycles. The van der Waals surface area contributed by atoms with Crippen LogP contribution in [0.25, 0.3) is 0 Å². The largest absolute Gasteiger partial charge is 0.464 e. The molecule has 0 aromatic heterocycles. The van der Waals surface area contributed by atoms with Gasteiger partial charge in [0.2, 0.25) is 5.91 Å². The zero-order valence-electron chi connectivity index (χ0n) is 27.5. The normalized spacial score (nSPS) is 14.4. The van der Waals surface area contributed by atoms with E-state index in [0.29, 0.717) is 0 Å². The number of amides is 2. The fraction of sp³-hybridized carbons (Fsp3) is 0.417. The summed E-state index contributed by atoms with van der Waals surface area (Å²) in [6, 6.07) is 26.5. The molecule has 242 valence electrons. The van der Waals surface area contributed by atoms with Crippen LogP contribution in [0.5, 0.6) is 0 Å². The topological polar surface area (TPSA) is 103 Å². The van der Waals surface area contributed by atoms with Gasteiger partial charge in [-0.2, -0.15) is 0 Å². The lowest BCUT2D eigenvalue weighted by Crippen LogP contribution is -2.57. The van der Waals surface area contributed by atoms with Crippen LogP contribution in [-0.2, 0) is 36.8 Å². The van der Waals surface area contributed by atoms with Gasteiger partial charge in [-0.3, -0.25) is 4.79 Å². The van der Waals surface area contributed by atoms with Crippen molar-refractivity contribution in [2.45, 2.75) is 89.7 Å². The van der Waals surface area contributed by atoms with Crippen molar-refractivity contribution in [1.29, 1.82) is 0 Å². The molecule has 3 aromatic carbocycles. The molecule has 3 rings (SSSR count). The highest BCUT2D eigenvalue weighted by molar-refractivity contribution is 6.77. The lowest BCUT2D eigenvalue weighted by Gasteiger charge is -2.33. The highest BCUT2D eigenvalue weighted by atomic mass is 28.3. The summed E-state index contributed by atoms with van der Waals surface area (Å²) in [5.74, 6) is -1.14. The lowest BCUT2D eigenvalue weighted by molar-refractivity contribution is -0.156. The van der Waals surface area contributed by atoms with Gasteiger partial charge >= 0.3 is 12.1 Å². The summed E-state index contributed by atoms with van der Waals surface area (Å²) in [5.41, 5.74) is 2.24. The first-order valence-corrected chi connectivity index (χ1v) is 19.0. The second-order valence-corrected chi connectivity index (χ2v) is 18.8. The minimum atomic E-state index is -1.80. The third kappa shape index (κ3) is 12.2. The number of alkyl carbamates (subject to hydrolysis) is 1. The molecule has 0 spiro atoms. The molecule has 8 nitrogen and oxygen atoms in total. The molecule has 0 bridgehead atoms. The zero-order valence-corrected chi connectivity index (χ0v) is 28.5. The quantitative estimate of drug-likeness (QED) is 0.157. The van der Waals surface area contributed by atoms with E-state index in [1.165, 1.54) is 0 Å². The number of carbonyl (C=O) groups excluding carboxylic acids is 3. The van der Waals surface area contributed by atoms with Crippen LogP contribution >= 0.6 is 0 Å². The van der Waals surface area contributed by atoms with Crippen LogP contribution in [0.4, 0.5) is 4.79 Å². The van der Waals surface area contributed by atoms with Gasteiger partial charge in [-0.25, -0.2) is 9.59 Å². The number of hydrogen-bond donors (Lipinski definition) is 2. The molecule has 0 fully saturated rings. The van der Waals surface area contributed by atoms with Crippen molar-refractivity contribution in [3.05, 3.63) is 108 Å². The third-order valence-electron chi connectivity index (χ3n) is 7.30. The first kappa shape index (κ1) is 35.5. The maximum atomic E-state index is 13.8. The second-order valence-electron chi connectivity index (χ2n) is 13.3. The van der Waals surface area contributed by atoms with E-state index in [1.807, 2.05) is 99.6 Å². The molecule has 2 N–H and O–H groups in total. The van der Waals surface area contributed by atoms with Crippen LogP contribution in [0.1, 0.15) is 49.9 Å². The Morgan fingerprint density at radius 3 is 1.82 bits per heavy atom. The molecule has 4 atom stereocenters. The van der Waals surface area contributed by atoms with Gasteiger partial charge in [0.1, 0.15) is 12.6 Å². The fourth-order valence-electron chi connectivity index (χ4n) is 5.00. The second kappa shape index (κ2) is 16.4. The molecule has 0 aliphatic rings. The monoisotopic (exact) mass is 632 g/mol.